The first-order valence-electron chi connectivity index (χ1n) is 10.1. The Balaban J connectivity index is 1.26. The molecular weight excluding hydrogens is 380 g/mol. The molecule has 6 heteroatoms. The molecule has 1 N–H and O–H groups in total. The smallest absolute Gasteiger partial charge is 0.248 e. The summed E-state index contributed by atoms with van der Waals surface area (Å²) in [6.07, 6.45) is 0.941. The van der Waals surface area contributed by atoms with Gasteiger partial charge in [0.1, 0.15) is 5.82 Å². The van der Waals surface area contributed by atoms with Gasteiger partial charge in [0.05, 0.1) is 10.2 Å². The number of aromatic amines is 1. The summed E-state index contributed by atoms with van der Waals surface area (Å²) in [4.78, 5) is 19.9. The Bertz CT molecular complexity index is 1220. The third-order valence-electron chi connectivity index (χ3n) is 5.90. The first-order valence-corrected chi connectivity index (χ1v) is 10.9. The van der Waals surface area contributed by atoms with Crippen LogP contribution in [0.5, 0.6) is 0 Å². The second-order valence-corrected chi connectivity index (χ2v) is 8.54. The van der Waals surface area contributed by atoms with Gasteiger partial charge in [-0.15, -0.1) is 0 Å². The largest absolute Gasteiger partial charge is 0.353 e. The number of hydrogen-bond acceptors (Lipinski definition) is 5. The third-order valence-corrected chi connectivity index (χ3v) is 6.72. The number of nitrogens with zero attached hydrogens (tertiary/aromatic N) is 3. The number of para-hydroxylation sites is 1. The molecule has 1 fully saturated rings. The molecule has 0 bridgehead atoms. The van der Waals surface area contributed by atoms with Crippen molar-refractivity contribution >= 4 is 38.3 Å². The van der Waals surface area contributed by atoms with Crippen molar-refractivity contribution < 1.29 is 0 Å². The predicted molar refractivity (Wildman–Crippen MR) is 121 cm³/mol. The highest BCUT2D eigenvalue weighted by Crippen LogP contribution is 2.29. The highest BCUT2D eigenvalue weighted by molar-refractivity contribution is 7.13. The van der Waals surface area contributed by atoms with Crippen molar-refractivity contribution in [1.29, 1.82) is 0 Å². The van der Waals surface area contributed by atoms with E-state index in [1.54, 1.807) is 17.6 Å². The van der Waals surface area contributed by atoms with E-state index in [4.69, 9.17) is 4.37 Å². The van der Waals surface area contributed by atoms with Gasteiger partial charge in [0.25, 0.3) is 0 Å². The molecule has 3 heterocycles. The van der Waals surface area contributed by atoms with E-state index in [0.29, 0.717) is 0 Å². The van der Waals surface area contributed by atoms with Crippen LogP contribution >= 0.6 is 11.5 Å². The van der Waals surface area contributed by atoms with Gasteiger partial charge in [-0.25, -0.2) is 0 Å². The molecule has 5 nitrogen and oxygen atoms in total. The molecular formula is C23H24N4OS. The zero-order chi connectivity index (χ0) is 19.8. The molecule has 5 rings (SSSR count). The fraction of sp³-hybridized carbons (Fsp3) is 0.304. The van der Waals surface area contributed by atoms with E-state index in [1.165, 1.54) is 15.6 Å². The van der Waals surface area contributed by atoms with E-state index < -0.39 is 0 Å². The number of aryl methyl sites for hydroxylation is 1. The maximum absolute atomic E-state index is 11.9. The lowest BCUT2D eigenvalue weighted by Gasteiger charge is -2.35. The average Bonchev–Trinajstić information content (AvgIpc) is 3.17. The van der Waals surface area contributed by atoms with Crippen LogP contribution in [0.3, 0.4) is 0 Å². The van der Waals surface area contributed by atoms with Gasteiger partial charge in [-0.1, -0.05) is 30.3 Å². The minimum absolute atomic E-state index is 0.0217. The fourth-order valence-corrected chi connectivity index (χ4v) is 5.08. The van der Waals surface area contributed by atoms with Crippen molar-refractivity contribution in [2.24, 2.45) is 0 Å². The van der Waals surface area contributed by atoms with Gasteiger partial charge in [0.15, 0.2) is 0 Å². The van der Waals surface area contributed by atoms with Gasteiger partial charge < -0.3 is 9.88 Å². The van der Waals surface area contributed by atoms with Crippen LogP contribution < -0.4 is 10.5 Å². The van der Waals surface area contributed by atoms with Crippen LogP contribution in [-0.2, 0) is 6.42 Å². The maximum Gasteiger partial charge on any atom is 0.248 e. The molecule has 1 aliphatic heterocycles. The first-order chi connectivity index (χ1) is 14.2. The van der Waals surface area contributed by atoms with Crippen LogP contribution in [0.15, 0.2) is 53.3 Å². The van der Waals surface area contributed by atoms with Gasteiger partial charge in [0.2, 0.25) is 5.56 Å². The minimum atomic E-state index is -0.0217. The normalized spacial score (nSPS) is 15.4. The molecule has 0 radical (unpaired) electrons. The van der Waals surface area contributed by atoms with Crippen LogP contribution in [0.25, 0.3) is 21.0 Å². The van der Waals surface area contributed by atoms with Crippen LogP contribution in [0.4, 0.5) is 5.82 Å². The maximum atomic E-state index is 11.9. The number of nitrogens with one attached hydrogen (secondary N) is 1. The predicted octanol–water partition coefficient (Wildman–Crippen LogP) is 3.81. The van der Waals surface area contributed by atoms with Crippen LogP contribution in [0.1, 0.15) is 11.1 Å². The summed E-state index contributed by atoms with van der Waals surface area (Å²) >= 11 is 1.59. The molecule has 148 valence electrons. The SMILES string of the molecule is Cc1cc(=O)[nH]c2c(CCN3CCN(c4nsc5ccccc45)CC3)cccc12. The molecule has 1 aliphatic rings. The highest BCUT2D eigenvalue weighted by Gasteiger charge is 2.20. The Labute approximate surface area is 173 Å². The Morgan fingerprint density at radius 2 is 1.83 bits per heavy atom. The summed E-state index contributed by atoms with van der Waals surface area (Å²) < 4.78 is 5.96. The third kappa shape index (κ3) is 3.54. The minimum Gasteiger partial charge on any atom is -0.353 e. The summed E-state index contributed by atoms with van der Waals surface area (Å²) in [7, 11) is 0. The van der Waals surface area contributed by atoms with Crippen LogP contribution in [-0.4, -0.2) is 47.0 Å². The molecule has 0 aliphatic carbocycles. The number of pyridine rings is 1. The van der Waals surface area contributed by atoms with Gasteiger partial charge in [-0.2, -0.15) is 4.37 Å². The van der Waals surface area contributed by atoms with Crippen LogP contribution in [0, 0.1) is 6.92 Å². The van der Waals surface area contributed by atoms with E-state index in [1.807, 2.05) is 6.92 Å². The van der Waals surface area contributed by atoms with Crippen molar-refractivity contribution in [2.75, 3.05) is 37.6 Å². The average molecular weight is 405 g/mol. The number of piperazine rings is 1. The van der Waals surface area contributed by atoms with E-state index in [0.717, 1.165) is 61.4 Å². The number of anilines is 1. The quantitative estimate of drug-likeness (QED) is 0.562. The summed E-state index contributed by atoms with van der Waals surface area (Å²) in [5.41, 5.74) is 3.22. The molecule has 0 amide bonds. The lowest BCUT2D eigenvalue weighted by molar-refractivity contribution is 0.261. The Hall–Kier alpha value is -2.70. The summed E-state index contributed by atoms with van der Waals surface area (Å²) in [5, 5.41) is 2.41. The van der Waals surface area contributed by atoms with E-state index in [-0.39, 0.29) is 5.56 Å². The van der Waals surface area contributed by atoms with Crippen LogP contribution in [0.2, 0.25) is 0 Å². The molecule has 4 aromatic rings. The molecule has 1 saturated heterocycles. The summed E-state index contributed by atoms with van der Waals surface area (Å²) in [6.45, 7) is 7.07. The lowest BCUT2D eigenvalue weighted by atomic mass is 10.0. The number of benzene rings is 2. The monoisotopic (exact) mass is 404 g/mol. The Morgan fingerprint density at radius 3 is 2.69 bits per heavy atom. The number of hydrogen-bond donors (Lipinski definition) is 1. The zero-order valence-corrected chi connectivity index (χ0v) is 17.3. The second kappa shape index (κ2) is 7.61. The second-order valence-electron chi connectivity index (χ2n) is 7.74. The molecule has 0 spiro atoms. The van der Waals surface area contributed by atoms with Gasteiger partial charge >= 0.3 is 0 Å². The lowest BCUT2D eigenvalue weighted by Crippen LogP contribution is -2.47. The van der Waals surface area contributed by atoms with E-state index in [9.17, 15) is 4.79 Å². The molecule has 2 aromatic carbocycles. The zero-order valence-electron chi connectivity index (χ0n) is 16.5. The first kappa shape index (κ1) is 18.3. The topological polar surface area (TPSA) is 52.2 Å². The number of aromatic nitrogens is 2. The number of fused-ring (bicyclic) bond motifs is 2. The Morgan fingerprint density at radius 1 is 1.03 bits per heavy atom. The highest BCUT2D eigenvalue weighted by atomic mass is 32.1. The molecule has 0 unspecified atom stereocenters. The fourth-order valence-electron chi connectivity index (χ4n) is 4.28. The molecule has 29 heavy (non-hydrogen) atoms. The Kier molecular flexibility index (Phi) is 4.81. The van der Waals surface area contributed by atoms with Gasteiger partial charge in [-0.3, -0.25) is 9.69 Å². The van der Waals surface area contributed by atoms with E-state index in [2.05, 4.69) is 57.2 Å². The molecule has 0 saturated carbocycles. The molecule has 0 atom stereocenters. The van der Waals surface area contributed by atoms with Crippen molar-refractivity contribution in [3.05, 3.63) is 70.0 Å². The summed E-state index contributed by atoms with van der Waals surface area (Å²) in [5.74, 6) is 1.13. The van der Waals surface area contributed by atoms with Crippen molar-refractivity contribution in [2.45, 2.75) is 13.3 Å². The van der Waals surface area contributed by atoms with Crippen molar-refractivity contribution in [3.8, 4) is 0 Å². The standard InChI is InChI=1S/C23H24N4OS/c1-16-15-21(28)24-22-17(5-4-7-18(16)22)9-10-26-11-13-27(14-12-26)23-19-6-2-3-8-20(19)29-25-23/h2-8,15H,9-14H2,1H3,(H,24,28). The van der Waals surface area contributed by atoms with E-state index >= 15 is 0 Å². The number of rotatable bonds is 4. The van der Waals surface area contributed by atoms with Crippen molar-refractivity contribution in [1.82, 2.24) is 14.3 Å². The van der Waals surface area contributed by atoms with Gasteiger partial charge in [-0.05, 0) is 48.1 Å². The molecule has 2 aromatic heterocycles. The summed E-state index contributed by atoms with van der Waals surface area (Å²) in [6, 6.07) is 16.5. The number of H-pyrrole nitrogens is 1. The van der Waals surface area contributed by atoms with Crippen molar-refractivity contribution in [3.63, 3.8) is 0 Å². The van der Waals surface area contributed by atoms with Gasteiger partial charge in [0, 0.05) is 49.6 Å².